The number of carbonyl (C=O) groups excluding carboxylic acids is 2. The summed E-state index contributed by atoms with van der Waals surface area (Å²) in [6, 6.07) is 2.75. The van der Waals surface area contributed by atoms with Crippen LogP contribution in [0.1, 0.15) is 37.0 Å². The van der Waals surface area contributed by atoms with Crippen molar-refractivity contribution in [3.05, 3.63) is 23.5 Å². The minimum Gasteiger partial charge on any atom is -0.369 e. The molecule has 3 rings (SSSR count). The number of ketones is 1. The number of rotatable bonds is 1. The summed E-state index contributed by atoms with van der Waals surface area (Å²) in [5, 5.41) is 2.49. The number of anilines is 2. The quantitative estimate of drug-likeness (QED) is 0.802. The molecular formula is C15H17FN2O2. The van der Waals surface area contributed by atoms with E-state index in [1.165, 1.54) is 6.07 Å². The van der Waals surface area contributed by atoms with Crippen LogP contribution in [0.2, 0.25) is 0 Å². The van der Waals surface area contributed by atoms with Gasteiger partial charge in [0, 0.05) is 13.1 Å². The molecule has 1 saturated heterocycles. The van der Waals surface area contributed by atoms with Crippen molar-refractivity contribution in [3.8, 4) is 0 Å². The number of fused-ring (bicyclic) bond motifs is 1. The minimum absolute atomic E-state index is 0.133. The molecule has 1 amide bonds. The Morgan fingerprint density at radius 1 is 1.20 bits per heavy atom. The number of nitrogens with one attached hydrogen (secondary N) is 1. The van der Waals surface area contributed by atoms with Gasteiger partial charge in [-0.3, -0.25) is 9.59 Å². The zero-order valence-electron chi connectivity index (χ0n) is 11.6. The van der Waals surface area contributed by atoms with Gasteiger partial charge in [-0.2, -0.15) is 0 Å². The molecule has 0 spiro atoms. The first-order chi connectivity index (χ1) is 9.37. The van der Waals surface area contributed by atoms with E-state index in [0.717, 1.165) is 25.9 Å². The SMILES string of the molecule is CC1(C)CCN(c2cc3c(cc2F)C(=O)C(=O)N3)CC1. The molecule has 0 aromatic heterocycles. The molecule has 2 heterocycles. The first-order valence-electron chi connectivity index (χ1n) is 6.82. The summed E-state index contributed by atoms with van der Waals surface area (Å²) < 4.78 is 14.2. The Hall–Kier alpha value is -1.91. The normalized spacial score (nSPS) is 20.9. The summed E-state index contributed by atoms with van der Waals surface area (Å²) in [5.74, 6) is -1.78. The smallest absolute Gasteiger partial charge is 0.296 e. The maximum atomic E-state index is 14.2. The third-order valence-electron chi connectivity index (χ3n) is 4.24. The van der Waals surface area contributed by atoms with E-state index in [9.17, 15) is 14.0 Å². The molecule has 0 bridgehead atoms. The Morgan fingerprint density at radius 2 is 1.85 bits per heavy atom. The lowest BCUT2D eigenvalue weighted by molar-refractivity contribution is -0.112. The molecule has 1 aromatic carbocycles. The molecule has 0 unspecified atom stereocenters. The van der Waals surface area contributed by atoms with Gasteiger partial charge >= 0.3 is 0 Å². The van der Waals surface area contributed by atoms with Crippen LogP contribution in [-0.2, 0) is 4.79 Å². The highest BCUT2D eigenvalue weighted by Gasteiger charge is 2.32. The van der Waals surface area contributed by atoms with Gasteiger partial charge in [-0.05, 0) is 30.4 Å². The van der Waals surface area contributed by atoms with Gasteiger partial charge < -0.3 is 10.2 Å². The average Bonchev–Trinajstić information content (AvgIpc) is 2.65. The Labute approximate surface area is 117 Å². The molecule has 5 heteroatoms. The fourth-order valence-electron chi connectivity index (χ4n) is 2.75. The minimum atomic E-state index is -0.684. The highest BCUT2D eigenvalue weighted by Crippen LogP contribution is 2.36. The van der Waals surface area contributed by atoms with E-state index < -0.39 is 17.5 Å². The summed E-state index contributed by atoms with van der Waals surface area (Å²) >= 11 is 0. The third-order valence-corrected chi connectivity index (χ3v) is 4.24. The maximum absolute atomic E-state index is 14.2. The van der Waals surface area contributed by atoms with Crippen LogP contribution in [0.3, 0.4) is 0 Å². The number of benzene rings is 1. The molecule has 2 aliphatic heterocycles. The van der Waals surface area contributed by atoms with Crippen molar-refractivity contribution in [2.45, 2.75) is 26.7 Å². The van der Waals surface area contributed by atoms with Gasteiger partial charge in [0.15, 0.2) is 0 Å². The number of carbonyl (C=O) groups is 2. The highest BCUT2D eigenvalue weighted by atomic mass is 19.1. The summed E-state index contributed by atoms with van der Waals surface area (Å²) in [7, 11) is 0. The van der Waals surface area contributed by atoms with Gasteiger partial charge in [-0.15, -0.1) is 0 Å². The number of halogens is 1. The first kappa shape index (κ1) is 13.1. The molecule has 1 fully saturated rings. The Balaban J connectivity index is 1.91. The van der Waals surface area contributed by atoms with Crippen LogP contribution in [0, 0.1) is 11.2 Å². The van der Waals surface area contributed by atoms with E-state index in [0.29, 0.717) is 11.4 Å². The van der Waals surface area contributed by atoms with Crippen molar-refractivity contribution < 1.29 is 14.0 Å². The number of hydrogen-bond acceptors (Lipinski definition) is 3. The Morgan fingerprint density at radius 3 is 2.50 bits per heavy atom. The summed E-state index contributed by atoms with van der Waals surface area (Å²) in [4.78, 5) is 24.8. The molecule has 0 saturated carbocycles. The van der Waals surface area contributed by atoms with Gasteiger partial charge in [0.05, 0.1) is 16.9 Å². The Bertz CT molecular complexity index is 600. The molecule has 0 radical (unpaired) electrons. The van der Waals surface area contributed by atoms with Crippen LogP contribution >= 0.6 is 0 Å². The number of amides is 1. The highest BCUT2D eigenvalue weighted by molar-refractivity contribution is 6.51. The van der Waals surface area contributed by atoms with E-state index in [2.05, 4.69) is 19.2 Å². The zero-order chi connectivity index (χ0) is 14.5. The van der Waals surface area contributed by atoms with E-state index in [4.69, 9.17) is 0 Å². The summed E-state index contributed by atoms with van der Waals surface area (Å²) in [6.07, 6.45) is 1.99. The Kier molecular flexibility index (Phi) is 2.81. The van der Waals surface area contributed by atoms with Gasteiger partial charge in [0.25, 0.3) is 11.7 Å². The lowest BCUT2D eigenvalue weighted by Crippen LogP contribution is -2.37. The van der Waals surface area contributed by atoms with Crippen LogP contribution in [0.5, 0.6) is 0 Å². The summed E-state index contributed by atoms with van der Waals surface area (Å²) in [6.45, 7) is 5.99. The van der Waals surface area contributed by atoms with Crippen molar-refractivity contribution >= 4 is 23.1 Å². The van der Waals surface area contributed by atoms with Crippen molar-refractivity contribution in [2.24, 2.45) is 5.41 Å². The fourth-order valence-corrected chi connectivity index (χ4v) is 2.75. The van der Waals surface area contributed by atoms with Crippen LogP contribution < -0.4 is 10.2 Å². The number of nitrogens with zero attached hydrogens (tertiary/aromatic N) is 1. The lowest BCUT2D eigenvalue weighted by atomic mass is 9.82. The third kappa shape index (κ3) is 2.07. The van der Waals surface area contributed by atoms with E-state index in [1.807, 2.05) is 4.90 Å². The number of piperidine rings is 1. The molecule has 0 atom stereocenters. The maximum Gasteiger partial charge on any atom is 0.296 e. The monoisotopic (exact) mass is 276 g/mol. The number of Topliss-reactive ketones (excluding diaryl/α,β-unsaturated/α-hetero) is 1. The predicted octanol–water partition coefficient (Wildman–Crippen LogP) is 2.59. The van der Waals surface area contributed by atoms with E-state index >= 15 is 0 Å². The standard InChI is InChI=1S/C15H17FN2O2/c1-15(2)3-5-18(6-4-15)12-8-11-9(7-10(12)16)13(19)14(20)17-11/h7-8H,3-6H2,1-2H3,(H,17,19,20). The van der Waals surface area contributed by atoms with Crippen molar-refractivity contribution in [1.29, 1.82) is 0 Å². The molecule has 2 aliphatic rings. The average molecular weight is 276 g/mol. The molecule has 106 valence electrons. The van der Waals surface area contributed by atoms with Crippen molar-refractivity contribution in [3.63, 3.8) is 0 Å². The molecule has 1 aromatic rings. The first-order valence-corrected chi connectivity index (χ1v) is 6.82. The van der Waals surface area contributed by atoms with Crippen molar-refractivity contribution in [1.82, 2.24) is 0 Å². The molecule has 1 N–H and O–H groups in total. The lowest BCUT2D eigenvalue weighted by Gasteiger charge is -2.38. The molecule has 20 heavy (non-hydrogen) atoms. The zero-order valence-corrected chi connectivity index (χ0v) is 11.6. The van der Waals surface area contributed by atoms with Gasteiger partial charge in [-0.25, -0.2) is 4.39 Å². The van der Waals surface area contributed by atoms with Gasteiger partial charge in [0.2, 0.25) is 0 Å². The van der Waals surface area contributed by atoms with Crippen molar-refractivity contribution in [2.75, 3.05) is 23.3 Å². The van der Waals surface area contributed by atoms with Gasteiger partial charge in [0.1, 0.15) is 5.82 Å². The fraction of sp³-hybridized carbons (Fsp3) is 0.467. The largest absolute Gasteiger partial charge is 0.369 e. The second-order valence-corrected chi connectivity index (χ2v) is 6.28. The van der Waals surface area contributed by atoms with Crippen LogP contribution in [0.25, 0.3) is 0 Å². The second-order valence-electron chi connectivity index (χ2n) is 6.28. The molecule has 0 aliphatic carbocycles. The van der Waals surface area contributed by atoms with Crippen LogP contribution in [0.15, 0.2) is 12.1 Å². The van der Waals surface area contributed by atoms with Crippen LogP contribution in [-0.4, -0.2) is 24.8 Å². The molecule has 4 nitrogen and oxygen atoms in total. The second kappa shape index (κ2) is 4.30. The van der Waals surface area contributed by atoms with Gasteiger partial charge in [-0.1, -0.05) is 13.8 Å². The van der Waals surface area contributed by atoms with E-state index in [1.54, 1.807) is 6.07 Å². The number of hydrogen-bond donors (Lipinski definition) is 1. The van der Waals surface area contributed by atoms with E-state index in [-0.39, 0.29) is 11.0 Å². The molecular weight excluding hydrogens is 259 g/mol. The van der Waals surface area contributed by atoms with Crippen LogP contribution in [0.4, 0.5) is 15.8 Å². The predicted molar refractivity (Wildman–Crippen MR) is 74.6 cm³/mol. The topological polar surface area (TPSA) is 49.4 Å². The summed E-state index contributed by atoms with van der Waals surface area (Å²) in [5.41, 5.74) is 1.30.